The van der Waals surface area contributed by atoms with Crippen molar-refractivity contribution < 1.29 is 9.90 Å². The lowest BCUT2D eigenvalue weighted by molar-refractivity contribution is -0.133. The number of para-hydroxylation sites is 1. The van der Waals surface area contributed by atoms with Crippen LogP contribution in [0.5, 0.6) is 0 Å². The number of nitrogens with zero attached hydrogens (tertiary/aromatic N) is 1. The quantitative estimate of drug-likeness (QED) is 0.860. The third-order valence-corrected chi connectivity index (χ3v) is 3.63. The number of fused-ring (bicyclic) bond motifs is 1. The standard InChI is InChI=1S/C15H16N2O2/c18-10-15(19)17-7-5-11(6-8-17)13-9-16-14-4-2-1-3-12(13)14/h1-5,9,16,18H,6-8,10H2. The molecule has 1 aliphatic heterocycles. The molecule has 1 amide bonds. The van der Waals surface area contributed by atoms with Crippen molar-refractivity contribution in [1.29, 1.82) is 0 Å². The van der Waals surface area contributed by atoms with Crippen LogP contribution in [0.4, 0.5) is 0 Å². The van der Waals surface area contributed by atoms with Crippen LogP contribution in [0.2, 0.25) is 0 Å². The van der Waals surface area contributed by atoms with E-state index in [9.17, 15) is 4.79 Å². The third-order valence-electron chi connectivity index (χ3n) is 3.63. The van der Waals surface area contributed by atoms with E-state index >= 15 is 0 Å². The number of rotatable bonds is 2. The molecule has 0 radical (unpaired) electrons. The highest BCUT2D eigenvalue weighted by Crippen LogP contribution is 2.28. The van der Waals surface area contributed by atoms with E-state index in [1.54, 1.807) is 4.90 Å². The molecule has 3 rings (SSSR count). The zero-order chi connectivity index (χ0) is 13.2. The first-order valence-corrected chi connectivity index (χ1v) is 6.44. The Bertz CT molecular complexity index is 642. The minimum Gasteiger partial charge on any atom is -0.387 e. The van der Waals surface area contributed by atoms with Gasteiger partial charge in [0.25, 0.3) is 0 Å². The van der Waals surface area contributed by atoms with E-state index in [4.69, 9.17) is 5.11 Å². The van der Waals surface area contributed by atoms with Gasteiger partial charge in [0.2, 0.25) is 5.91 Å². The van der Waals surface area contributed by atoms with Gasteiger partial charge < -0.3 is 15.0 Å². The molecule has 1 aromatic carbocycles. The van der Waals surface area contributed by atoms with Crippen molar-refractivity contribution in [2.45, 2.75) is 6.42 Å². The summed E-state index contributed by atoms with van der Waals surface area (Å²) >= 11 is 0. The highest BCUT2D eigenvalue weighted by atomic mass is 16.3. The minimum atomic E-state index is -0.406. The lowest BCUT2D eigenvalue weighted by atomic mass is 9.99. The Labute approximate surface area is 111 Å². The summed E-state index contributed by atoms with van der Waals surface area (Å²) in [5.74, 6) is -0.200. The molecule has 1 aromatic heterocycles. The van der Waals surface area contributed by atoms with Crippen molar-refractivity contribution in [3.8, 4) is 0 Å². The van der Waals surface area contributed by atoms with E-state index in [0.29, 0.717) is 13.1 Å². The summed E-state index contributed by atoms with van der Waals surface area (Å²) in [7, 11) is 0. The van der Waals surface area contributed by atoms with E-state index in [2.05, 4.69) is 23.2 Å². The molecule has 0 atom stereocenters. The maximum Gasteiger partial charge on any atom is 0.248 e. The number of H-pyrrole nitrogens is 1. The van der Waals surface area contributed by atoms with Gasteiger partial charge in [-0.2, -0.15) is 0 Å². The Hall–Kier alpha value is -2.07. The fourth-order valence-electron chi connectivity index (χ4n) is 2.58. The average Bonchev–Trinajstić information content (AvgIpc) is 2.90. The van der Waals surface area contributed by atoms with Crippen LogP contribution < -0.4 is 0 Å². The van der Waals surface area contributed by atoms with Crippen molar-refractivity contribution in [3.63, 3.8) is 0 Å². The number of amides is 1. The van der Waals surface area contributed by atoms with Gasteiger partial charge >= 0.3 is 0 Å². The van der Waals surface area contributed by atoms with Crippen LogP contribution in [0, 0.1) is 0 Å². The first-order valence-electron chi connectivity index (χ1n) is 6.44. The van der Waals surface area contributed by atoms with Crippen molar-refractivity contribution >= 4 is 22.4 Å². The highest BCUT2D eigenvalue weighted by Gasteiger charge is 2.18. The molecular weight excluding hydrogens is 240 g/mol. The number of benzene rings is 1. The van der Waals surface area contributed by atoms with Crippen LogP contribution in [-0.2, 0) is 4.79 Å². The average molecular weight is 256 g/mol. The summed E-state index contributed by atoms with van der Waals surface area (Å²) < 4.78 is 0. The number of hydrogen-bond donors (Lipinski definition) is 2. The third kappa shape index (κ3) is 2.15. The number of hydrogen-bond acceptors (Lipinski definition) is 2. The van der Waals surface area contributed by atoms with Crippen LogP contribution in [0.15, 0.2) is 36.5 Å². The summed E-state index contributed by atoms with van der Waals surface area (Å²) in [4.78, 5) is 16.4. The second kappa shape index (κ2) is 4.90. The second-order valence-corrected chi connectivity index (χ2v) is 4.73. The summed E-state index contributed by atoms with van der Waals surface area (Å²) in [6, 6.07) is 8.21. The molecule has 0 saturated carbocycles. The van der Waals surface area contributed by atoms with Crippen LogP contribution in [0.1, 0.15) is 12.0 Å². The van der Waals surface area contributed by atoms with Gasteiger partial charge in [0.15, 0.2) is 0 Å². The maximum absolute atomic E-state index is 11.4. The summed E-state index contributed by atoms with van der Waals surface area (Å²) in [5, 5.41) is 10.1. The van der Waals surface area contributed by atoms with Crippen molar-refractivity contribution in [3.05, 3.63) is 42.1 Å². The predicted octanol–water partition coefficient (Wildman–Crippen LogP) is 1.78. The van der Waals surface area contributed by atoms with Crippen LogP contribution in [0.25, 0.3) is 16.5 Å². The number of aliphatic hydroxyl groups excluding tert-OH is 1. The largest absolute Gasteiger partial charge is 0.387 e. The lowest BCUT2D eigenvalue weighted by Crippen LogP contribution is -2.36. The van der Waals surface area contributed by atoms with Gasteiger partial charge in [0.05, 0.1) is 0 Å². The molecule has 1 aliphatic rings. The number of nitrogens with one attached hydrogen (secondary N) is 1. The fraction of sp³-hybridized carbons (Fsp3) is 0.267. The summed E-state index contributed by atoms with van der Waals surface area (Å²) in [6.45, 7) is 0.842. The molecule has 4 heteroatoms. The zero-order valence-corrected chi connectivity index (χ0v) is 10.6. The van der Waals surface area contributed by atoms with Gasteiger partial charge in [-0.25, -0.2) is 0 Å². The van der Waals surface area contributed by atoms with Gasteiger partial charge in [-0.05, 0) is 18.1 Å². The number of carbonyl (C=O) groups is 1. The predicted molar refractivity (Wildman–Crippen MR) is 74.6 cm³/mol. The summed E-state index contributed by atoms with van der Waals surface area (Å²) in [6.07, 6.45) is 4.93. The number of aromatic nitrogens is 1. The van der Waals surface area contributed by atoms with Crippen LogP contribution >= 0.6 is 0 Å². The van der Waals surface area contributed by atoms with E-state index in [0.717, 1.165) is 11.9 Å². The molecule has 0 fully saturated rings. The normalized spacial score (nSPS) is 15.6. The van der Waals surface area contributed by atoms with E-state index in [1.807, 2.05) is 18.3 Å². The van der Waals surface area contributed by atoms with E-state index in [-0.39, 0.29) is 5.91 Å². The molecule has 2 N–H and O–H groups in total. The number of aromatic amines is 1. The Morgan fingerprint density at radius 1 is 1.37 bits per heavy atom. The zero-order valence-electron chi connectivity index (χ0n) is 10.6. The van der Waals surface area contributed by atoms with Crippen molar-refractivity contribution in [2.24, 2.45) is 0 Å². The molecular formula is C15H16N2O2. The van der Waals surface area contributed by atoms with Gasteiger partial charge in [0.1, 0.15) is 6.61 Å². The molecule has 0 bridgehead atoms. The molecule has 0 aliphatic carbocycles. The van der Waals surface area contributed by atoms with Gasteiger partial charge in [-0.3, -0.25) is 4.79 Å². The SMILES string of the molecule is O=C(CO)N1CC=C(c2c[nH]c3ccccc23)CC1. The Kier molecular flexibility index (Phi) is 3.09. The van der Waals surface area contributed by atoms with Crippen molar-refractivity contribution in [2.75, 3.05) is 19.7 Å². The molecule has 0 unspecified atom stereocenters. The van der Waals surface area contributed by atoms with Gasteiger partial charge in [-0.1, -0.05) is 24.3 Å². The Morgan fingerprint density at radius 2 is 2.21 bits per heavy atom. The highest BCUT2D eigenvalue weighted by molar-refractivity contribution is 5.93. The lowest BCUT2D eigenvalue weighted by Gasteiger charge is -2.25. The van der Waals surface area contributed by atoms with Crippen LogP contribution in [-0.4, -0.2) is 40.6 Å². The fourth-order valence-corrected chi connectivity index (χ4v) is 2.58. The monoisotopic (exact) mass is 256 g/mol. The smallest absolute Gasteiger partial charge is 0.248 e. The maximum atomic E-state index is 11.4. The Morgan fingerprint density at radius 3 is 2.95 bits per heavy atom. The summed E-state index contributed by atoms with van der Waals surface area (Å²) in [5.41, 5.74) is 3.61. The second-order valence-electron chi connectivity index (χ2n) is 4.73. The first kappa shape index (κ1) is 12.0. The molecule has 4 nitrogen and oxygen atoms in total. The Balaban J connectivity index is 1.88. The van der Waals surface area contributed by atoms with Gasteiger partial charge in [-0.15, -0.1) is 0 Å². The van der Waals surface area contributed by atoms with E-state index in [1.165, 1.54) is 16.5 Å². The number of carbonyl (C=O) groups excluding carboxylic acids is 1. The first-order chi connectivity index (χ1) is 9.29. The molecule has 2 heterocycles. The van der Waals surface area contributed by atoms with Crippen molar-refractivity contribution in [1.82, 2.24) is 9.88 Å². The minimum absolute atomic E-state index is 0.200. The number of aliphatic hydroxyl groups is 1. The molecule has 19 heavy (non-hydrogen) atoms. The molecule has 2 aromatic rings. The van der Waals surface area contributed by atoms with E-state index < -0.39 is 6.61 Å². The molecule has 98 valence electrons. The van der Waals surface area contributed by atoms with Gasteiger partial charge in [0, 0.05) is 35.8 Å². The topological polar surface area (TPSA) is 56.3 Å². The van der Waals surface area contributed by atoms with Crippen LogP contribution in [0.3, 0.4) is 0 Å². The molecule has 0 saturated heterocycles. The molecule has 0 spiro atoms.